The Morgan fingerprint density at radius 2 is 2.27 bits per heavy atom. The second-order valence-corrected chi connectivity index (χ2v) is 5.86. The van der Waals surface area contributed by atoms with Crippen LogP contribution in [0, 0.1) is 0 Å². The molecule has 0 saturated carbocycles. The predicted octanol–water partition coefficient (Wildman–Crippen LogP) is 2.40. The van der Waals surface area contributed by atoms with Crippen LogP contribution in [0.5, 0.6) is 5.88 Å². The highest BCUT2D eigenvalue weighted by atomic mass is 32.1. The first-order valence-electron chi connectivity index (χ1n) is 7.16. The van der Waals surface area contributed by atoms with Gasteiger partial charge < -0.3 is 15.0 Å². The van der Waals surface area contributed by atoms with Gasteiger partial charge in [-0.25, -0.2) is 4.98 Å². The molecule has 0 fully saturated rings. The van der Waals surface area contributed by atoms with E-state index >= 15 is 0 Å². The van der Waals surface area contributed by atoms with Gasteiger partial charge in [0.25, 0.3) is 0 Å². The molecule has 0 aliphatic heterocycles. The van der Waals surface area contributed by atoms with Crippen molar-refractivity contribution in [1.29, 1.82) is 0 Å². The van der Waals surface area contributed by atoms with Crippen molar-refractivity contribution in [2.24, 2.45) is 4.99 Å². The van der Waals surface area contributed by atoms with E-state index in [2.05, 4.69) is 37.7 Å². The molecule has 22 heavy (non-hydrogen) atoms. The van der Waals surface area contributed by atoms with Gasteiger partial charge in [-0.15, -0.1) is 11.3 Å². The molecule has 0 aliphatic rings. The first-order valence-corrected chi connectivity index (χ1v) is 8.04. The van der Waals surface area contributed by atoms with Crippen molar-refractivity contribution >= 4 is 17.3 Å². The van der Waals surface area contributed by atoms with Crippen LogP contribution in [0.15, 0.2) is 40.8 Å². The molecule has 1 N–H and O–H groups in total. The zero-order valence-electron chi connectivity index (χ0n) is 13.2. The number of hydrogen-bond acceptors (Lipinski definition) is 4. The molecule has 5 nitrogen and oxygen atoms in total. The predicted molar refractivity (Wildman–Crippen MR) is 91.6 cm³/mol. The Morgan fingerprint density at radius 1 is 1.41 bits per heavy atom. The fourth-order valence-electron chi connectivity index (χ4n) is 2.14. The number of nitrogens with one attached hydrogen (secondary N) is 1. The Balaban J connectivity index is 1.88. The number of rotatable bonds is 6. The highest BCUT2D eigenvalue weighted by molar-refractivity contribution is 7.09. The molecule has 0 atom stereocenters. The van der Waals surface area contributed by atoms with Crippen molar-refractivity contribution < 1.29 is 4.74 Å². The van der Waals surface area contributed by atoms with Crippen LogP contribution >= 0.6 is 11.3 Å². The molecule has 0 aliphatic carbocycles. The molecule has 0 radical (unpaired) electrons. The second kappa shape index (κ2) is 8.38. The summed E-state index contributed by atoms with van der Waals surface area (Å²) in [6.07, 6.45) is 2.75. The summed E-state index contributed by atoms with van der Waals surface area (Å²) in [5.74, 6) is 1.51. The molecule has 2 aromatic rings. The average molecular weight is 318 g/mol. The van der Waals surface area contributed by atoms with Gasteiger partial charge in [0.2, 0.25) is 5.88 Å². The van der Waals surface area contributed by atoms with Crippen molar-refractivity contribution in [3.63, 3.8) is 0 Å². The van der Waals surface area contributed by atoms with E-state index in [1.165, 1.54) is 4.88 Å². The number of aromatic nitrogens is 1. The molecule has 6 heteroatoms. The highest BCUT2D eigenvalue weighted by Crippen LogP contribution is 2.13. The Kier molecular flexibility index (Phi) is 6.21. The Morgan fingerprint density at radius 3 is 2.95 bits per heavy atom. The van der Waals surface area contributed by atoms with Gasteiger partial charge in [-0.05, 0) is 23.9 Å². The molecule has 2 rings (SSSR count). The average Bonchev–Trinajstić information content (AvgIpc) is 3.07. The molecule has 0 saturated heterocycles. The molecule has 0 aromatic carbocycles. The third-order valence-corrected chi connectivity index (χ3v) is 4.26. The fraction of sp³-hybridized carbons (Fsp3) is 0.375. The molecule has 0 unspecified atom stereocenters. The van der Waals surface area contributed by atoms with Gasteiger partial charge in [0.1, 0.15) is 0 Å². The minimum Gasteiger partial charge on any atom is -0.481 e. The van der Waals surface area contributed by atoms with Gasteiger partial charge in [0, 0.05) is 43.8 Å². The van der Waals surface area contributed by atoms with E-state index in [0.29, 0.717) is 12.4 Å². The molecule has 2 aromatic heterocycles. The molecule has 0 bridgehead atoms. The number of pyridine rings is 1. The van der Waals surface area contributed by atoms with Crippen molar-refractivity contribution in [2.75, 3.05) is 27.7 Å². The number of methoxy groups -OCH3 is 1. The summed E-state index contributed by atoms with van der Waals surface area (Å²) in [6, 6.07) is 8.15. The van der Waals surface area contributed by atoms with Crippen molar-refractivity contribution in [2.45, 2.75) is 13.0 Å². The molecule has 0 amide bonds. The Labute approximate surface area is 135 Å². The lowest BCUT2D eigenvalue weighted by Gasteiger charge is -2.22. The normalized spacial score (nSPS) is 11.3. The van der Waals surface area contributed by atoms with E-state index < -0.39 is 0 Å². The standard InChI is InChI=1S/C16H22N4OS/c1-17-16(20(2)10-8-14-7-5-11-22-14)19-12-13-6-4-9-18-15(13)21-3/h4-7,9,11H,8,10,12H2,1-3H3,(H,17,19). The summed E-state index contributed by atoms with van der Waals surface area (Å²) in [5, 5.41) is 5.46. The number of thiophene rings is 1. The summed E-state index contributed by atoms with van der Waals surface area (Å²) in [7, 11) is 5.47. The van der Waals surface area contributed by atoms with Crippen LogP contribution in [0.4, 0.5) is 0 Å². The fourth-order valence-corrected chi connectivity index (χ4v) is 2.84. The van der Waals surface area contributed by atoms with Crippen LogP contribution in [0.25, 0.3) is 0 Å². The number of guanidine groups is 1. The van der Waals surface area contributed by atoms with Gasteiger partial charge in [0.05, 0.1) is 7.11 Å². The molecular weight excluding hydrogens is 296 g/mol. The summed E-state index contributed by atoms with van der Waals surface area (Å²) in [5.41, 5.74) is 1.01. The largest absolute Gasteiger partial charge is 0.481 e. The van der Waals surface area contributed by atoms with E-state index in [1.807, 2.05) is 19.2 Å². The molecule has 0 spiro atoms. The number of nitrogens with zero attached hydrogens (tertiary/aromatic N) is 3. The molecular formula is C16H22N4OS. The zero-order valence-corrected chi connectivity index (χ0v) is 14.1. The summed E-state index contributed by atoms with van der Waals surface area (Å²) in [6.45, 7) is 1.55. The number of hydrogen-bond donors (Lipinski definition) is 1. The maximum Gasteiger partial charge on any atom is 0.218 e. The quantitative estimate of drug-likeness (QED) is 0.656. The second-order valence-electron chi connectivity index (χ2n) is 4.82. The SMILES string of the molecule is CN=C(NCc1cccnc1OC)N(C)CCc1cccs1. The van der Waals surface area contributed by atoms with Gasteiger partial charge in [0.15, 0.2) is 5.96 Å². The molecule has 118 valence electrons. The molecule has 2 heterocycles. The minimum absolute atomic E-state index is 0.632. The van der Waals surface area contributed by atoms with Gasteiger partial charge in [-0.1, -0.05) is 12.1 Å². The third kappa shape index (κ3) is 4.46. The number of ether oxygens (including phenoxy) is 1. The smallest absolute Gasteiger partial charge is 0.218 e. The Hall–Kier alpha value is -2.08. The first-order chi connectivity index (χ1) is 10.7. The zero-order chi connectivity index (χ0) is 15.8. The lowest BCUT2D eigenvalue weighted by Crippen LogP contribution is -2.39. The monoisotopic (exact) mass is 318 g/mol. The van der Waals surface area contributed by atoms with Gasteiger partial charge in [-0.2, -0.15) is 0 Å². The van der Waals surface area contributed by atoms with Crippen LogP contribution in [-0.4, -0.2) is 43.6 Å². The van der Waals surface area contributed by atoms with E-state index in [-0.39, 0.29) is 0 Å². The van der Waals surface area contributed by atoms with Crippen molar-refractivity contribution in [3.8, 4) is 5.88 Å². The lowest BCUT2D eigenvalue weighted by atomic mass is 10.2. The maximum atomic E-state index is 5.26. The van der Waals surface area contributed by atoms with E-state index in [1.54, 1.807) is 31.7 Å². The van der Waals surface area contributed by atoms with Crippen LogP contribution in [-0.2, 0) is 13.0 Å². The number of aliphatic imine (C=N–C) groups is 1. The van der Waals surface area contributed by atoms with Crippen molar-refractivity contribution in [1.82, 2.24) is 15.2 Å². The summed E-state index contributed by atoms with van der Waals surface area (Å²) in [4.78, 5) is 12.0. The van der Waals surface area contributed by atoms with Gasteiger partial charge in [-0.3, -0.25) is 4.99 Å². The van der Waals surface area contributed by atoms with E-state index in [9.17, 15) is 0 Å². The third-order valence-electron chi connectivity index (χ3n) is 3.33. The van der Waals surface area contributed by atoms with Crippen LogP contribution in [0.1, 0.15) is 10.4 Å². The minimum atomic E-state index is 0.632. The van der Waals surface area contributed by atoms with Crippen molar-refractivity contribution in [3.05, 3.63) is 46.3 Å². The highest BCUT2D eigenvalue weighted by Gasteiger charge is 2.08. The van der Waals surface area contributed by atoms with Crippen LogP contribution in [0.3, 0.4) is 0 Å². The summed E-state index contributed by atoms with van der Waals surface area (Å²) < 4.78 is 5.26. The maximum absolute atomic E-state index is 5.26. The van der Waals surface area contributed by atoms with Gasteiger partial charge >= 0.3 is 0 Å². The number of likely N-dealkylation sites (N-methyl/N-ethyl adjacent to an activating group) is 1. The van der Waals surface area contributed by atoms with Crippen LogP contribution < -0.4 is 10.1 Å². The Bertz CT molecular complexity index is 598. The van der Waals surface area contributed by atoms with E-state index in [4.69, 9.17) is 4.74 Å². The first kappa shape index (κ1) is 16.3. The lowest BCUT2D eigenvalue weighted by molar-refractivity contribution is 0.391. The topological polar surface area (TPSA) is 49.8 Å². The van der Waals surface area contributed by atoms with Crippen LogP contribution in [0.2, 0.25) is 0 Å². The summed E-state index contributed by atoms with van der Waals surface area (Å²) >= 11 is 1.79. The van der Waals surface area contributed by atoms with E-state index in [0.717, 1.165) is 24.5 Å².